The van der Waals surface area contributed by atoms with E-state index < -0.39 is 0 Å². The van der Waals surface area contributed by atoms with Gasteiger partial charge in [0.05, 0.1) is 0 Å². The van der Waals surface area contributed by atoms with Crippen molar-refractivity contribution in [1.29, 1.82) is 0 Å². The minimum absolute atomic E-state index is 0.159. The van der Waals surface area contributed by atoms with E-state index in [-0.39, 0.29) is 5.91 Å². The number of amides is 1. The highest BCUT2D eigenvalue weighted by Crippen LogP contribution is 2.22. The van der Waals surface area contributed by atoms with Crippen LogP contribution in [0.25, 0.3) is 6.08 Å². The Morgan fingerprint density at radius 3 is 2.41 bits per heavy atom. The van der Waals surface area contributed by atoms with Crippen LogP contribution in [0.4, 0.5) is 11.4 Å². The standard InChI is InChI=1S/C22H20ClN3O/c1-26(20-12-14-24-15-13-20)19-9-6-17(7-10-19)16-25-22(27)11-8-18-4-2-3-5-21(18)23/h2-15H,16H2,1H3,(H,25,27)/b11-8+. The number of rotatable bonds is 6. The molecule has 5 heteroatoms. The Morgan fingerprint density at radius 2 is 1.70 bits per heavy atom. The van der Waals surface area contributed by atoms with Crippen LogP contribution < -0.4 is 10.2 Å². The maximum atomic E-state index is 12.0. The van der Waals surface area contributed by atoms with Gasteiger partial charge in [0, 0.05) is 48.5 Å². The van der Waals surface area contributed by atoms with Gasteiger partial charge in [-0.25, -0.2) is 0 Å². The lowest BCUT2D eigenvalue weighted by molar-refractivity contribution is -0.116. The first-order valence-electron chi connectivity index (χ1n) is 8.56. The third kappa shape index (κ3) is 5.19. The monoisotopic (exact) mass is 377 g/mol. The highest BCUT2D eigenvalue weighted by molar-refractivity contribution is 6.32. The van der Waals surface area contributed by atoms with Crippen LogP contribution in [0.5, 0.6) is 0 Å². The first-order valence-corrected chi connectivity index (χ1v) is 8.94. The van der Waals surface area contributed by atoms with Crippen LogP contribution >= 0.6 is 11.6 Å². The number of anilines is 2. The predicted octanol–water partition coefficient (Wildman–Crippen LogP) is 4.83. The van der Waals surface area contributed by atoms with Crippen molar-refractivity contribution in [2.24, 2.45) is 0 Å². The quantitative estimate of drug-likeness (QED) is 0.625. The van der Waals surface area contributed by atoms with Gasteiger partial charge in [-0.1, -0.05) is 41.9 Å². The van der Waals surface area contributed by atoms with Crippen molar-refractivity contribution in [3.05, 3.63) is 95.3 Å². The fourth-order valence-corrected chi connectivity index (χ4v) is 2.78. The molecule has 0 saturated carbocycles. The Morgan fingerprint density at radius 1 is 1.04 bits per heavy atom. The van der Waals surface area contributed by atoms with Gasteiger partial charge in [0.25, 0.3) is 0 Å². The maximum absolute atomic E-state index is 12.0. The molecule has 3 rings (SSSR count). The lowest BCUT2D eigenvalue weighted by atomic mass is 10.2. The SMILES string of the molecule is CN(c1ccncc1)c1ccc(CNC(=O)/C=C/c2ccccc2Cl)cc1. The summed E-state index contributed by atoms with van der Waals surface area (Å²) in [5.74, 6) is -0.159. The highest BCUT2D eigenvalue weighted by atomic mass is 35.5. The molecule has 0 bridgehead atoms. The Bertz CT molecular complexity index is 924. The fraction of sp³-hybridized carbons (Fsp3) is 0.0909. The number of benzene rings is 2. The molecule has 1 heterocycles. The Hall–Kier alpha value is -3.11. The molecule has 0 aliphatic rings. The number of nitrogens with one attached hydrogen (secondary N) is 1. The Kier molecular flexibility index (Phi) is 6.23. The van der Waals surface area contributed by atoms with Crippen LogP contribution in [0.1, 0.15) is 11.1 Å². The van der Waals surface area contributed by atoms with Crippen molar-refractivity contribution in [3.8, 4) is 0 Å². The van der Waals surface area contributed by atoms with Crippen LogP contribution in [0.15, 0.2) is 79.1 Å². The summed E-state index contributed by atoms with van der Waals surface area (Å²) in [6, 6.07) is 19.4. The molecule has 1 amide bonds. The molecule has 4 nitrogen and oxygen atoms in total. The number of carbonyl (C=O) groups excluding carboxylic acids is 1. The van der Waals surface area contributed by atoms with Crippen molar-refractivity contribution in [2.75, 3.05) is 11.9 Å². The van der Waals surface area contributed by atoms with Crippen molar-refractivity contribution >= 4 is 35.0 Å². The summed E-state index contributed by atoms with van der Waals surface area (Å²) in [6.45, 7) is 0.463. The maximum Gasteiger partial charge on any atom is 0.244 e. The number of halogens is 1. The zero-order valence-corrected chi connectivity index (χ0v) is 15.7. The van der Waals surface area contributed by atoms with Gasteiger partial charge in [-0.3, -0.25) is 9.78 Å². The first kappa shape index (κ1) is 18.7. The van der Waals surface area contributed by atoms with Crippen LogP contribution in [0.2, 0.25) is 5.02 Å². The molecule has 27 heavy (non-hydrogen) atoms. The number of aromatic nitrogens is 1. The Balaban J connectivity index is 1.56. The summed E-state index contributed by atoms with van der Waals surface area (Å²) in [4.78, 5) is 18.1. The lowest BCUT2D eigenvalue weighted by Crippen LogP contribution is -2.20. The van der Waals surface area contributed by atoms with E-state index >= 15 is 0 Å². The average Bonchev–Trinajstić information content (AvgIpc) is 2.72. The second-order valence-corrected chi connectivity index (χ2v) is 6.41. The van der Waals surface area contributed by atoms with E-state index in [0.717, 1.165) is 22.5 Å². The molecule has 0 aliphatic heterocycles. The van der Waals surface area contributed by atoms with Crippen LogP contribution in [-0.4, -0.2) is 17.9 Å². The van der Waals surface area contributed by atoms with E-state index in [4.69, 9.17) is 11.6 Å². The van der Waals surface area contributed by atoms with Gasteiger partial charge in [0.2, 0.25) is 5.91 Å². The molecular formula is C22H20ClN3O. The highest BCUT2D eigenvalue weighted by Gasteiger charge is 2.04. The van der Waals surface area contributed by atoms with Gasteiger partial charge in [-0.2, -0.15) is 0 Å². The molecule has 1 N–H and O–H groups in total. The molecule has 1 aromatic heterocycles. The second-order valence-electron chi connectivity index (χ2n) is 6.00. The molecule has 0 fully saturated rings. The smallest absolute Gasteiger partial charge is 0.244 e. The first-order chi connectivity index (χ1) is 13.1. The van der Waals surface area contributed by atoms with Crippen molar-refractivity contribution < 1.29 is 4.79 Å². The van der Waals surface area contributed by atoms with Gasteiger partial charge >= 0.3 is 0 Å². The van der Waals surface area contributed by atoms with E-state index in [2.05, 4.69) is 15.2 Å². The van der Waals surface area contributed by atoms with Crippen molar-refractivity contribution in [2.45, 2.75) is 6.54 Å². The van der Waals surface area contributed by atoms with Crippen molar-refractivity contribution in [1.82, 2.24) is 10.3 Å². The molecule has 0 spiro atoms. The van der Waals surface area contributed by atoms with E-state index in [1.54, 1.807) is 24.5 Å². The van der Waals surface area contributed by atoms with Gasteiger partial charge < -0.3 is 10.2 Å². The summed E-state index contributed by atoms with van der Waals surface area (Å²) >= 11 is 6.07. The van der Waals surface area contributed by atoms with E-state index in [0.29, 0.717) is 11.6 Å². The van der Waals surface area contributed by atoms with E-state index in [1.807, 2.05) is 61.6 Å². The van der Waals surface area contributed by atoms with Crippen LogP contribution in [0, 0.1) is 0 Å². The molecular weight excluding hydrogens is 358 g/mol. The zero-order valence-electron chi connectivity index (χ0n) is 15.0. The molecule has 136 valence electrons. The molecule has 0 saturated heterocycles. The molecule has 0 radical (unpaired) electrons. The number of nitrogens with zero attached hydrogens (tertiary/aromatic N) is 2. The topological polar surface area (TPSA) is 45.2 Å². The molecule has 2 aromatic carbocycles. The van der Waals surface area contributed by atoms with E-state index in [1.165, 1.54) is 6.08 Å². The molecule has 0 unspecified atom stereocenters. The van der Waals surface area contributed by atoms with Crippen LogP contribution in [-0.2, 0) is 11.3 Å². The normalized spacial score (nSPS) is 10.7. The summed E-state index contributed by atoms with van der Waals surface area (Å²) in [5.41, 5.74) is 3.98. The van der Waals surface area contributed by atoms with Gasteiger partial charge in [-0.05, 0) is 47.5 Å². The number of hydrogen-bond donors (Lipinski definition) is 1. The minimum Gasteiger partial charge on any atom is -0.348 e. The van der Waals surface area contributed by atoms with Gasteiger partial charge in [-0.15, -0.1) is 0 Å². The zero-order chi connectivity index (χ0) is 19.1. The third-order valence-electron chi connectivity index (χ3n) is 4.16. The molecule has 0 atom stereocenters. The summed E-state index contributed by atoms with van der Waals surface area (Å²) in [7, 11) is 2.01. The number of hydrogen-bond acceptors (Lipinski definition) is 3. The van der Waals surface area contributed by atoms with E-state index in [9.17, 15) is 4.79 Å². The van der Waals surface area contributed by atoms with Gasteiger partial charge in [0.15, 0.2) is 0 Å². The summed E-state index contributed by atoms with van der Waals surface area (Å²) < 4.78 is 0. The van der Waals surface area contributed by atoms with Gasteiger partial charge in [0.1, 0.15) is 0 Å². The lowest BCUT2D eigenvalue weighted by Gasteiger charge is -2.19. The summed E-state index contributed by atoms with van der Waals surface area (Å²) in [5, 5.41) is 3.50. The minimum atomic E-state index is -0.159. The number of pyridine rings is 1. The summed E-state index contributed by atoms with van der Waals surface area (Å²) in [6.07, 6.45) is 6.75. The molecule has 0 aliphatic carbocycles. The number of carbonyl (C=O) groups is 1. The predicted molar refractivity (Wildman–Crippen MR) is 111 cm³/mol. The average molecular weight is 378 g/mol. The largest absolute Gasteiger partial charge is 0.348 e. The van der Waals surface area contributed by atoms with Crippen molar-refractivity contribution in [3.63, 3.8) is 0 Å². The molecule has 3 aromatic rings. The van der Waals surface area contributed by atoms with Crippen LogP contribution in [0.3, 0.4) is 0 Å². The Labute approximate surface area is 164 Å². The third-order valence-corrected chi connectivity index (χ3v) is 4.50. The fourth-order valence-electron chi connectivity index (χ4n) is 2.58. The second kappa shape index (κ2) is 9.01.